The summed E-state index contributed by atoms with van der Waals surface area (Å²) in [4.78, 5) is 0. The van der Waals surface area contributed by atoms with Gasteiger partial charge in [0.1, 0.15) is 5.75 Å². The van der Waals surface area contributed by atoms with Crippen molar-refractivity contribution in [2.24, 2.45) is 5.73 Å². The van der Waals surface area contributed by atoms with Crippen molar-refractivity contribution in [1.82, 2.24) is 0 Å². The number of hydrogen-bond acceptors (Lipinski definition) is 2. The minimum absolute atomic E-state index is 0.0922. The van der Waals surface area contributed by atoms with Crippen molar-refractivity contribution in [3.05, 3.63) is 26.3 Å². The van der Waals surface area contributed by atoms with E-state index >= 15 is 0 Å². The van der Waals surface area contributed by atoms with Crippen molar-refractivity contribution in [2.75, 3.05) is 6.61 Å². The zero-order chi connectivity index (χ0) is 9.42. The van der Waals surface area contributed by atoms with E-state index in [1.807, 2.05) is 12.1 Å². The Morgan fingerprint density at radius 1 is 1.54 bits per heavy atom. The second-order valence-corrected chi connectivity index (χ2v) is 4.62. The molecule has 4 heteroatoms. The van der Waals surface area contributed by atoms with Crippen LogP contribution in [0.25, 0.3) is 0 Å². The number of ether oxygens (including phenoxy) is 1. The molecule has 1 aliphatic rings. The third-order valence-electron chi connectivity index (χ3n) is 2.14. The molecule has 1 aliphatic heterocycles. The van der Waals surface area contributed by atoms with E-state index in [2.05, 4.69) is 22.6 Å². The normalized spacial score (nSPS) is 20.7. The molecule has 0 radical (unpaired) electrons. The fraction of sp³-hybridized carbons (Fsp3) is 0.333. The number of fused-ring (bicyclic) bond motifs is 1. The lowest BCUT2D eigenvalue weighted by Gasteiger charge is -2.23. The summed E-state index contributed by atoms with van der Waals surface area (Å²) in [7, 11) is 0. The largest absolute Gasteiger partial charge is 0.493 e. The van der Waals surface area contributed by atoms with Crippen LogP contribution in [0.2, 0.25) is 5.02 Å². The summed E-state index contributed by atoms with van der Waals surface area (Å²) in [6.45, 7) is 0.686. The molecule has 2 nitrogen and oxygen atoms in total. The van der Waals surface area contributed by atoms with Crippen molar-refractivity contribution in [1.29, 1.82) is 0 Å². The van der Waals surface area contributed by atoms with Gasteiger partial charge in [-0.3, -0.25) is 0 Å². The summed E-state index contributed by atoms with van der Waals surface area (Å²) in [6, 6.07) is 3.94. The molecule has 0 spiro atoms. The Labute approximate surface area is 95.5 Å². The third kappa shape index (κ3) is 1.78. The van der Waals surface area contributed by atoms with Crippen molar-refractivity contribution >= 4 is 34.2 Å². The van der Waals surface area contributed by atoms with Crippen molar-refractivity contribution < 1.29 is 4.74 Å². The molecule has 0 unspecified atom stereocenters. The Morgan fingerprint density at radius 2 is 2.31 bits per heavy atom. The van der Waals surface area contributed by atoms with Gasteiger partial charge < -0.3 is 10.5 Å². The molecule has 2 N–H and O–H groups in total. The highest BCUT2D eigenvalue weighted by atomic mass is 127. The minimum atomic E-state index is 0.0922. The molecule has 13 heavy (non-hydrogen) atoms. The lowest BCUT2D eigenvalue weighted by Crippen LogP contribution is -2.20. The maximum absolute atomic E-state index is 5.97. The SMILES string of the molecule is N[C@@H]1CCOc2cc(Cl)c(I)cc21. The van der Waals surface area contributed by atoms with Crippen LogP contribution in [-0.4, -0.2) is 6.61 Å². The van der Waals surface area contributed by atoms with Gasteiger partial charge in [0.25, 0.3) is 0 Å². The van der Waals surface area contributed by atoms with Crippen LogP contribution in [0.1, 0.15) is 18.0 Å². The van der Waals surface area contributed by atoms with Gasteiger partial charge in [-0.1, -0.05) is 11.6 Å². The second-order valence-electron chi connectivity index (χ2n) is 3.05. The molecule has 0 saturated heterocycles. The molecule has 70 valence electrons. The van der Waals surface area contributed by atoms with Gasteiger partial charge in [0.2, 0.25) is 0 Å². The Balaban J connectivity index is 2.52. The quantitative estimate of drug-likeness (QED) is 0.748. The zero-order valence-corrected chi connectivity index (χ0v) is 9.80. The smallest absolute Gasteiger partial charge is 0.125 e. The van der Waals surface area contributed by atoms with E-state index in [1.54, 1.807) is 0 Å². The topological polar surface area (TPSA) is 35.2 Å². The first kappa shape index (κ1) is 9.55. The van der Waals surface area contributed by atoms with Crippen LogP contribution in [0.4, 0.5) is 0 Å². The molecule has 1 aromatic carbocycles. The summed E-state index contributed by atoms with van der Waals surface area (Å²) in [5.41, 5.74) is 7.01. The van der Waals surface area contributed by atoms with E-state index in [0.717, 1.165) is 26.3 Å². The Kier molecular flexibility index (Phi) is 2.67. The molecular formula is C9H9ClINO. The Bertz CT molecular complexity index is 343. The van der Waals surface area contributed by atoms with Gasteiger partial charge >= 0.3 is 0 Å². The predicted molar refractivity (Wildman–Crippen MR) is 61.2 cm³/mol. The molecule has 0 saturated carbocycles. The van der Waals surface area contributed by atoms with Crippen LogP contribution in [0.5, 0.6) is 5.75 Å². The molecule has 1 heterocycles. The van der Waals surface area contributed by atoms with Gasteiger partial charge in [-0.25, -0.2) is 0 Å². The molecule has 0 amide bonds. The third-order valence-corrected chi connectivity index (χ3v) is 3.66. The highest BCUT2D eigenvalue weighted by molar-refractivity contribution is 14.1. The molecule has 1 atom stereocenters. The molecule has 0 bridgehead atoms. The monoisotopic (exact) mass is 309 g/mol. The van der Waals surface area contributed by atoms with Crippen LogP contribution in [-0.2, 0) is 0 Å². The van der Waals surface area contributed by atoms with Gasteiger partial charge in [-0.05, 0) is 28.7 Å². The summed E-state index contributed by atoms with van der Waals surface area (Å²) < 4.78 is 6.49. The fourth-order valence-corrected chi connectivity index (χ4v) is 2.05. The number of benzene rings is 1. The van der Waals surface area contributed by atoms with E-state index in [9.17, 15) is 0 Å². The van der Waals surface area contributed by atoms with Gasteiger partial charge in [-0.15, -0.1) is 0 Å². The average Bonchev–Trinajstić information content (AvgIpc) is 2.09. The van der Waals surface area contributed by atoms with Gasteiger partial charge in [-0.2, -0.15) is 0 Å². The van der Waals surface area contributed by atoms with Gasteiger partial charge in [0.05, 0.1) is 11.6 Å². The van der Waals surface area contributed by atoms with Crippen LogP contribution in [0.3, 0.4) is 0 Å². The van der Waals surface area contributed by atoms with Crippen molar-refractivity contribution in [2.45, 2.75) is 12.5 Å². The number of nitrogens with two attached hydrogens (primary N) is 1. The van der Waals surface area contributed by atoms with E-state index < -0.39 is 0 Å². The maximum Gasteiger partial charge on any atom is 0.125 e. The lowest BCUT2D eigenvalue weighted by molar-refractivity contribution is 0.269. The Hall–Kier alpha value is -0.0000000000000000555. The molecule has 0 aliphatic carbocycles. The first-order chi connectivity index (χ1) is 6.18. The molecular weight excluding hydrogens is 300 g/mol. The van der Waals surface area contributed by atoms with E-state index in [0.29, 0.717) is 6.61 Å². The fourth-order valence-electron chi connectivity index (χ4n) is 1.41. The average molecular weight is 310 g/mol. The summed E-state index contributed by atoms with van der Waals surface area (Å²) in [6.07, 6.45) is 0.880. The van der Waals surface area contributed by atoms with Crippen LogP contribution >= 0.6 is 34.2 Å². The number of halogens is 2. The summed E-state index contributed by atoms with van der Waals surface area (Å²) >= 11 is 8.16. The molecule has 0 fully saturated rings. The lowest BCUT2D eigenvalue weighted by atomic mass is 10.0. The van der Waals surface area contributed by atoms with E-state index in [4.69, 9.17) is 22.1 Å². The van der Waals surface area contributed by atoms with Crippen LogP contribution in [0.15, 0.2) is 12.1 Å². The maximum atomic E-state index is 5.97. The number of rotatable bonds is 0. The molecule has 2 rings (SSSR count). The second kappa shape index (κ2) is 3.63. The summed E-state index contributed by atoms with van der Waals surface area (Å²) in [5, 5.41) is 0.730. The van der Waals surface area contributed by atoms with E-state index in [-0.39, 0.29) is 6.04 Å². The van der Waals surface area contributed by atoms with Gasteiger partial charge in [0, 0.05) is 27.7 Å². The first-order valence-corrected chi connectivity index (χ1v) is 5.51. The van der Waals surface area contributed by atoms with E-state index in [1.165, 1.54) is 0 Å². The standard InChI is InChI=1S/C9H9ClINO/c10-6-4-9-5(3-7(6)11)8(12)1-2-13-9/h3-4,8H,1-2,12H2/t8-/m1/s1. The highest BCUT2D eigenvalue weighted by Crippen LogP contribution is 2.35. The first-order valence-electron chi connectivity index (χ1n) is 4.06. The van der Waals surface area contributed by atoms with Gasteiger partial charge in [0.15, 0.2) is 0 Å². The predicted octanol–water partition coefficient (Wildman–Crippen LogP) is 2.73. The summed E-state index contributed by atoms with van der Waals surface area (Å²) in [5.74, 6) is 0.837. The van der Waals surface area contributed by atoms with Crippen LogP contribution < -0.4 is 10.5 Å². The Morgan fingerprint density at radius 3 is 3.08 bits per heavy atom. The molecule has 0 aromatic heterocycles. The highest BCUT2D eigenvalue weighted by Gasteiger charge is 2.19. The molecule has 1 aromatic rings. The van der Waals surface area contributed by atoms with Crippen molar-refractivity contribution in [3.63, 3.8) is 0 Å². The zero-order valence-electron chi connectivity index (χ0n) is 6.89. The van der Waals surface area contributed by atoms with Crippen LogP contribution in [0, 0.1) is 3.57 Å². The number of hydrogen-bond donors (Lipinski definition) is 1. The van der Waals surface area contributed by atoms with Crippen molar-refractivity contribution in [3.8, 4) is 5.75 Å². The minimum Gasteiger partial charge on any atom is -0.493 e.